The van der Waals surface area contributed by atoms with E-state index in [0.717, 1.165) is 32.2 Å². The van der Waals surface area contributed by atoms with Gasteiger partial charge in [0.25, 0.3) is 0 Å². The lowest BCUT2D eigenvalue weighted by molar-refractivity contribution is -0.144. The smallest absolute Gasteiger partial charge is 0.307 e. The predicted molar refractivity (Wildman–Crippen MR) is 78.5 cm³/mol. The third-order valence-electron chi connectivity index (χ3n) is 3.81. The number of amides is 1. The van der Waals surface area contributed by atoms with Crippen LogP contribution in [0.5, 0.6) is 0 Å². The first kappa shape index (κ1) is 17.0. The van der Waals surface area contributed by atoms with Gasteiger partial charge < -0.3 is 10.4 Å². The van der Waals surface area contributed by atoms with E-state index >= 15 is 0 Å². The topological polar surface area (TPSA) is 69.6 Å². The number of aliphatic carboxylic acids is 1. The number of carboxylic acid groups (broad SMARTS) is 1. The number of rotatable bonds is 7. The molecule has 2 unspecified atom stereocenters. The molecule has 0 saturated carbocycles. The van der Waals surface area contributed by atoms with Crippen LogP contribution in [0.3, 0.4) is 0 Å². The summed E-state index contributed by atoms with van der Waals surface area (Å²) in [6, 6.07) is 0.185. The standard InChI is InChI=1S/C15H28N2O3/c1-11(2)6-7-12(3)16-14(18)10-17-8-4-5-13(9-17)15(19)20/h11-13H,4-10H2,1-3H3,(H,16,18)(H,19,20). The Morgan fingerprint density at radius 1 is 1.30 bits per heavy atom. The maximum Gasteiger partial charge on any atom is 0.307 e. The molecule has 116 valence electrons. The van der Waals surface area contributed by atoms with Crippen LogP contribution in [-0.4, -0.2) is 47.6 Å². The second kappa shape index (κ2) is 8.25. The van der Waals surface area contributed by atoms with Crippen LogP contribution in [0.2, 0.25) is 0 Å². The van der Waals surface area contributed by atoms with Crippen LogP contribution in [-0.2, 0) is 9.59 Å². The van der Waals surface area contributed by atoms with E-state index < -0.39 is 5.97 Å². The van der Waals surface area contributed by atoms with Crippen molar-refractivity contribution in [2.24, 2.45) is 11.8 Å². The second-order valence-electron chi connectivity index (χ2n) is 6.35. The van der Waals surface area contributed by atoms with Gasteiger partial charge in [-0.3, -0.25) is 14.5 Å². The van der Waals surface area contributed by atoms with Crippen molar-refractivity contribution in [1.82, 2.24) is 10.2 Å². The van der Waals surface area contributed by atoms with Crippen molar-refractivity contribution in [3.8, 4) is 0 Å². The Morgan fingerprint density at radius 2 is 2.00 bits per heavy atom. The Bertz CT molecular complexity index is 331. The largest absolute Gasteiger partial charge is 0.481 e. The molecule has 1 aliphatic heterocycles. The molecule has 0 spiro atoms. The molecule has 0 aromatic carbocycles. The number of piperidine rings is 1. The number of carbonyl (C=O) groups excluding carboxylic acids is 1. The molecule has 20 heavy (non-hydrogen) atoms. The van der Waals surface area contributed by atoms with E-state index in [9.17, 15) is 9.59 Å². The van der Waals surface area contributed by atoms with Gasteiger partial charge in [-0.05, 0) is 45.1 Å². The zero-order valence-electron chi connectivity index (χ0n) is 12.9. The third kappa shape index (κ3) is 6.37. The summed E-state index contributed by atoms with van der Waals surface area (Å²) in [6.45, 7) is 8.00. The Kier molecular flexibility index (Phi) is 6.99. The van der Waals surface area contributed by atoms with Crippen LogP contribution >= 0.6 is 0 Å². The summed E-state index contributed by atoms with van der Waals surface area (Å²) in [6.07, 6.45) is 3.67. The molecule has 0 bridgehead atoms. The molecular weight excluding hydrogens is 256 g/mol. The SMILES string of the molecule is CC(C)CCC(C)NC(=O)CN1CCCC(C(=O)O)C1. The molecule has 0 radical (unpaired) electrons. The highest BCUT2D eigenvalue weighted by Gasteiger charge is 2.26. The highest BCUT2D eigenvalue weighted by Crippen LogP contribution is 2.16. The summed E-state index contributed by atoms with van der Waals surface area (Å²) in [7, 11) is 0. The van der Waals surface area contributed by atoms with E-state index in [1.54, 1.807) is 0 Å². The predicted octanol–water partition coefficient (Wildman–Crippen LogP) is 1.72. The lowest BCUT2D eigenvalue weighted by atomic mass is 9.98. The van der Waals surface area contributed by atoms with Gasteiger partial charge in [0.05, 0.1) is 12.5 Å². The molecule has 1 saturated heterocycles. The van der Waals surface area contributed by atoms with Crippen LogP contribution in [0.15, 0.2) is 0 Å². The summed E-state index contributed by atoms with van der Waals surface area (Å²) in [4.78, 5) is 24.9. The Labute approximate surface area is 121 Å². The van der Waals surface area contributed by atoms with Gasteiger partial charge in [0.1, 0.15) is 0 Å². The minimum absolute atomic E-state index is 0.00675. The zero-order chi connectivity index (χ0) is 15.1. The summed E-state index contributed by atoms with van der Waals surface area (Å²) < 4.78 is 0. The fourth-order valence-electron chi connectivity index (χ4n) is 2.58. The van der Waals surface area contributed by atoms with Gasteiger partial charge in [0, 0.05) is 12.6 Å². The average molecular weight is 284 g/mol. The summed E-state index contributed by atoms with van der Waals surface area (Å²) in [5.74, 6) is -0.421. The molecule has 0 aliphatic carbocycles. The number of nitrogens with zero attached hydrogens (tertiary/aromatic N) is 1. The van der Waals surface area contributed by atoms with Gasteiger partial charge in [-0.2, -0.15) is 0 Å². The van der Waals surface area contributed by atoms with Crippen LogP contribution < -0.4 is 5.32 Å². The lowest BCUT2D eigenvalue weighted by Crippen LogP contribution is -2.45. The number of carboxylic acids is 1. The van der Waals surface area contributed by atoms with Gasteiger partial charge in [0.15, 0.2) is 0 Å². The molecule has 1 amide bonds. The third-order valence-corrected chi connectivity index (χ3v) is 3.81. The van der Waals surface area contributed by atoms with E-state index in [1.807, 2.05) is 11.8 Å². The number of carbonyl (C=O) groups is 2. The van der Waals surface area contributed by atoms with Gasteiger partial charge in [-0.1, -0.05) is 13.8 Å². The first-order valence-corrected chi connectivity index (χ1v) is 7.63. The molecule has 2 atom stereocenters. The van der Waals surface area contributed by atoms with Crippen molar-refractivity contribution >= 4 is 11.9 Å². The highest BCUT2D eigenvalue weighted by molar-refractivity contribution is 5.78. The van der Waals surface area contributed by atoms with E-state index in [0.29, 0.717) is 19.0 Å². The minimum Gasteiger partial charge on any atom is -0.481 e. The van der Waals surface area contributed by atoms with Crippen molar-refractivity contribution in [3.63, 3.8) is 0 Å². The van der Waals surface area contributed by atoms with Gasteiger partial charge in [-0.15, -0.1) is 0 Å². The van der Waals surface area contributed by atoms with Crippen LogP contribution in [0.25, 0.3) is 0 Å². The number of nitrogens with one attached hydrogen (secondary N) is 1. The molecule has 0 aromatic rings. The Hall–Kier alpha value is -1.10. The molecule has 1 aliphatic rings. The Balaban J connectivity index is 2.29. The van der Waals surface area contributed by atoms with Crippen LogP contribution in [0.1, 0.15) is 46.5 Å². The quantitative estimate of drug-likeness (QED) is 0.747. The molecule has 5 heteroatoms. The maximum absolute atomic E-state index is 11.9. The molecule has 5 nitrogen and oxygen atoms in total. The molecule has 1 heterocycles. The summed E-state index contributed by atoms with van der Waals surface area (Å²) in [5, 5.41) is 12.0. The normalized spacial score (nSPS) is 21.7. The van der Waals surface area contributed by atoms with Gasteiger partial charge >= 0.3 is 5.97 Å². The van der Waals surface area contributed by atoms with Crippen molar-refractivity contribution in [2.75, 3.05) is 19.6 Å². The maximum atomic E-state index is 11.9. The van der Waals surface area contributed by atoms with Gasteiger partial charge in [-0.25, -0.2) is 0 Å². The first-order valence-electron chi connectivity index (χ1n) is 7.63. The molecule has 2 N–H and O–H groups in total. The first-order chi connectivity index (χ1) is 9.38. The highest BCUT2D eigenvalue weighted by atomic mass is 16.4. The zero-order valence-corrected chi connectivity index (χ0v) is 12.9. The molecule has 0 aromatic heterocycles. The van der Waals surface area contributed by atoms with Crippen LogP contribution in [0.4, 0.5) is 0 Å². The molecule has 1 rings (SSSR count). The van der Waals surface area contributed by atoms with E-state index in [4.69, 9.17) is 5.11 Å². The van der Waals surface area contributed by atoms with E-state index in [-0.39, 0.29) is 17.9 Å². The average Bonchev–Trinajstić information content (AvgIpc) is 2.36. The Morgan fingerprint density at radius 3 is 2.60 bits per heavy atom. The lowest BCUT2D eigenvalue weighted by Gasteiger charge is -2.30. The molecule has 1 fully saturated rings. The van der Waals surface area contributed by atoms with Crippen molar-refractivity contribution in [3.05, 3.63) is 0 Å². The fraction of sp³-hybridized carbons (Fsp3) is 0.867. The number of likely N-dealkylation sites (tertiary alicyclic amines) is 1. The minimum atomic E-state index is -0.750. The number of hydrogen-bond acceptors (Lipinski definition) is 3. The monoisotopic (exact) mass is 284 g/mol. The van der Waals surface area contributed by atoms with Crippen LogP contribution in [0, 0.1) is 11.8 Å². The molecular formula is C15H28N2O3. The van der Waals surface area contributed by atoms with Crippen molar-refractivity contribution in [2.45, 2.75) is 52.5 Å². The second-order valence-corrected chi connectivity index (χ2v) is 6.35. The van der Waals surface area contributed by atoms with Crippen molar-refractivity contribution < 1.29 is 14.7 Å². The van der Waals surface area contributed by atoms with E-state index in [1.165, 1.54) is 0 Å². The summed E-state index contributed by atoms with van der Waals surface area (Å²) >= 11 is 0. The van der Waals surface area contributed by atoms with E-state index in [2.05, 4.69) is 19.2 Å². The van der Waals surface area contributed by atoms with Crippen molar-refractivity contribution in [1.29, 1.82) is 0 Å². The number of hydrogen-bond donors (Lipinski definition) is 2. The van der Waals surface area contributed by atoms with Gasteiger partial charge in [0.2, 0.25) is 5.91 Å². The fourth-order valence-corrected chi connectivity index (χ4v) is 2.58. The summed E-state index contributed by atoms with van der Waals surface area (Å²) in [5.41, 5.74) is 0.